The van der Waals surface area contributed by atoms with Crippen LogP contribution in [0, 0.1) is 0 Å². The van der Waals surface area contributed by atoms with E-state index in [0.717, 1.165) is 57.9 Å². The Bertz CT molecular complexity index is 1660. The van der Waals surface area contributed by atoms with Crippen LogP contribution in [0.4, 0.5) is 10.6 Å². The van der Waals surface area contributed by atoms with E-state index in [1.165, 1.54) is 0 Å². The summed E-state index contributed by atoms with van der Waals surface area (Å²) in [4.78, 5) is 27.2. The van der Waals surface area contributed by atoms with Gasteiger partial charge in [0.05, 0.1) is 16.7 Å². The smallest absolute Gasteiger partial charge is 0.410 e. The maximum absolute atomic E-state index is 12.9. The van der Waals surface area contributed by atoms with Crippen LogP contribution in [0.2, 0.25) is 30.7 Å². The second-order valence-electron chi connectivity index (χ2n) is 14.1. The first kappa shape index (κ1) is 29.9. The summed E-state index contributed by atoms with van der Waals surface area (Å²) in [6, 6.07) is 5.42. The number of fused-ring (bicyclic) bond motifs is 4. The van der Waals surface area contributed by atoms with Crippen molar-refractivity contribution < 1.29 is 14.3 Å². The number of ether oxygens (including phenoxy) is 2. The number of rotatable bonds is 7. The molecule has 2 aliphatic heterocycles. The fourth-order valence-corrected chi connectivity index (χ4v) is 7.21. The molecule has 2 unspecified atom stereocenters. The Morgan fingerprint density at radius 1 is 1.09 bits per heavy atom. The third-order valence-electron chi connectivity index (χ3n) is 8.21. The summed E-state index contributed by atoms with van der Waals surface area (Å²) >= 11 is 6.97. The molecule has 12 heteroatoms. The molecule has 3 aromatic heterocycles. The van der Waals surface area contributed by atoms with Gasteiger partial charge >= 0.3 is 6.09 Å². The van der Waals surface area contributed by atoms with Crippen LogP contribution in [0.3, 0.4) is 0 Å². The lowest BCUT2D eigenvalue weighted by molar-refractivity contribution is 0.0209. The largest absolute Gasteiger partial charge is 0.444 e. The molecular formula is C31H42ClN7O3Si. The van der Waals surface area contributed by atoms with Gasteiger partial charge in [-0.3, -0.25) is 4.68 Å². The summed E-state index contributed by atoms with van der Waals surface area (Å²) in [5, 5.41) is 6.05. The minimum atomic E-state index is -1.23. The Balaban J connectivity index is 1.34. The number of piperazine rings is 1. The lowest BCUT2D eigenvalue weighted by Gasteiger charge is -2.41. The van der Waals surface area contributed by atoms with E-state index in [1.54, 1.807) is 4.68 Å². The first-order valence-electron chi connectivity index (χ1n) is 15.1. The first-order chi connectivity index (χ1) is 20.3. The van der Waals surface area contributed by atoms with Gasteiger partial charge in [0, 0.05) is 75.8 Å². The number of carbonyl (C=O) groups is 1. The van der Waals surface area contributed by atoms with Crippen molar-refractivity contribution in [2.45, 2.75) is 83.7 Å². The normalized spacial score (nSPS) is 19.2. The number of hydrogen-bond donors (Lipinski definition) is 0. The number of anilines is 1. The molecule has 0 spiro atoms. The molecule has 1 amide bonds. The van der Waals surface area contributed by atoms with E-state index in [2.05, 4.69) is 35.8 Å². The van der Waals surface area contributed by atoms with Crippen LogP contribution < -0.4 is 4.90 Å². The van der Waals surface area contributed by atoms with Gasteiger partial charge in [0.25, 0.3) is 0 Å². The van der Waals surface area contributed by atoms with E-state index in [0.29, 0.717) is 31.4 Å². The molecule has 2 atom stereocenters. The SMILES string of the molecule is Cn1cc2c(Cl)c(-c3cn(COCC[Si](C)(C)C)c4nc(N5C6CCC5CN(C(=O)OC(C)(C)C)C6)cnc34)ccc2n1. The van der Waals surface area contributed by atoms with Gasteiger partial charge in [-0.15, -0.1) is 0 Å². The van der Waals surface area contributed by atoms with Gasteiger partial charge < -0.3 is 23.8 Å². The van der Waals surface area contributed by atoms with Gasteiger partial charge in [0.1, 0.15) is 23.7 Å². The Kier molecular flexibility index (Phi) is 7.71. The van der Waals surface area contributed by atoms with Gasteiger partial charge in [-0.2, -0.15) is 5.10 Å². The van der Waals surface area contributed by atoms with Crippen LogP contribution in [-0.4, -0.2) is 80.8 Å². The molecular weight excluding hydrogens is 582 g/mol. The molecule has 2 fully saturated rings. The molecule has 230 valence electrons. The van der Waals surface area contributed by atoms with Crippen LogP contribution in [0.15, 0.2) is 30.7 Å². The Labute approximate surface area is 258 Å². The number of likely N-dealkylation sites (tertiary alicyclic amines) is 1. The Morgan fingerprint density at radius 3 is 2.49 bits per heavy atom. The number of carbonyl (C=O) groups excluding carboxylic acids is 1. The van der Waals surface area contributed by atoms with Crippen LogP contribution in [0.5, 0.6) is 0 Å². The minimum absolute atomic E-state index is 0.163. The molecule has 0 N–H and O–H groups in total. The summed E-state index contributed by atoms with van der Waals surface area (Å²) in [6.45, 7) is 15.1. The standard InChI is InChI=1S/C31H42ClN7O3Si/c1-31(2,3)42-30(40)37-15-20-8-9-21(16-37)39(20)26-14-33-28-23(22-10-11-25-24(27(22)32)17-36(4)35-25)18-38(29(28)34-26)19-41-12-13-43(5,6)7/h10-11,14,17-18,20-21H,8-9,12-13,15-16,19H2,1-7H3. The quantitative estimate of drug-likeness (QED) is 0.171. The lowest BCUT2D eigenvalue weighted by atomic mass is 10.1. The average molecular weight is 624 g/mol. The van der Waals surface area contributed by atoms with E-state index in [4.69, 9.17) is 31.0 Å². The van der Waals surface area contributed by atoms with Crippen LogP contribution >= 0.6 is 11.6 Å². The zero-order valence-corrected chi connectivity index (χ0v) is 28.0. The summed E-state index contributed by atoms with van der Waals surface area (Å²) in [6.07, 6.45) is 7.61. The van der Waals surface area contributed by atoms with Gasteiger partial charge in [0.2, 0.25) is 0 Å². The molecule has 10 nitrogen and oxygen atoms in total. The summed E-state index contributed by atoms with van der Waals surface area (Å²) in [5.41, 5.74) is 3.68. The predicted octanol–water partition coefficient (Wildman–Crippen LogP) is 6.54. The van der Waals surface area contributed by atoms with Gasteiger partial charge in [-0.25, -0.2) is 14.8 Å². The predicted molar refractivity (Wildman–Crippen MR) is 173 cm³/mol. The second-order valence-corrected chi connectivity index (χ2v) is 20.1. The highest BCUT2D eigenvalue weighted by molar-refractivity contribution is 6.76. The number of halogens is 1. The first-order valence-corrected chi connectivity index (χ1v) is 19.2. The number of aryl methyl sites for hydroxylation is 1. The molecule has 43 heavy (non-hydrogen) atoms. The molecule has 1 aromatic carbocycles. The average Bonchev–Trinajstić information content (AvgIpc) is 3.55. The van der Waals surface area contributed by atoms with Crippen LogP contribution in [-0.2, 0) is 23.3 Å². The highest BCUT2D eigenvalue weighted by Gasteiger charge is 2.43. The topological polar surface area (TPSA) is 90.5 Å². The van der Waals surface area contributed by atoms with Crippen LogP contribution in [0.25, 0.3) is 33.2 Å². The molecule has 2 aliphatic rings. The fraction of sp³-hybridized carbons (Fsp3) is 0.548. The van der Waals surface area contributed by atoms with Crippen molar-refractivity contribution in [3.05, 3.63) is 35.7 Å². The molecule has 0 aliphatic carbocycles. The highest BCUT2D eigenvalue weighted by Crippen LogP contribution is 2.39. The Morgan fingerprint density at radius 2 is 1.81 bits per heavy atom. The number of amides is 1. The van der Waals surface area contributed by atoms with E-state index in [1.807, 2.05) is 61.8 Å². The number of benzene rings is 1. The fourth-order valence-electron chi connectivity index (χ4n) is 6.14. The van der Waals surface area contributed by atoms with E-state index in [-0.39, 0.29) is 18.2 Å². The minimum Gasteiger partial charge on any atom is -0.444 e. The molecule has 4 aromatic rings. The van der Waals surface area contributed by atoms with E-state index >= 15 is 0 Å². The molecule has 6 rings (SSSR count). The third-order valence-corrected chi connectivity index (χ3v) is 10.3. The van der Waals surface area contributed by atoms with Crippen LogP contribution in [0.1, 0.15) is 33.6 Å². The van der Waals surface area contributed by atoms with Crippen molar-refractivity contribution in [2.75, 3.05) is 24.6 Å². The monoisotopic (exact) mass is 623 g/mol. The number of aromatic nitrogens is 5. The van der Waals surface area contributed by atoms with Gasteiger partial charge in [-0.1, -0.05) is 37.3 Å². The second kappa shape index (κ2) is 11.1. The molecule has 5 heterocycles. The molecule has 0 saturated carbocycles. The van der Waals surface area contributed by atoms with Gasteiger partial charge in [-0.05, 0) is 45.7 Å². The maximum Gasteiger partial charge on any atom is 0.410 e. The summed E-state index contributed by atoms with van der Waals surface area (Å²) in [5.74, 6) is 0.825. The highest BCUT2D eigenvalue weighted by atomic mass is 35.5. The molecule has 0 radical (unpaired) electrons. The van der Waals surface area contributed by atoms with Gasteiger partial charge in [0.15, 0.2) is 5.65 Å². The zero-order valence-electron chi connectivity index (χ0n) is 26.2. The van der Waals surface area contributed by atoms with Crippen molar-refractivity contribution in [3.63, 3.8) is 0 Å². The molecule has 2 saturated heterocycles. The van der Waals surface area contributed by atoms with Crippen molar-refractivity contribution in [1.29, 1.82) is 0 Å². The van der Waals surface area contributed by atoms with Crippen molar-refractivity contribution >= 4 is 53.7 Å². The number of nitrogens with zero attached hydrogens (tertiary/aromatic N) is 7. The van der Waals surface area contributed by atoms with E-state index < -0.39 is 13.7 Å². The third kappa shape index (κ3) is 6.12. The summed E-state index contributed by atoms with van der Waals surface area (Å²) < 4.78 is 15.7. The van der Waals surface area contributed by atoms with Crippen molar-refractivity contribution in [3.8, 4) is 11.1 Å². The zero-order chi connectivity index (χ0) is 30.7. The Hall–Kier alpha value is -3.15. The number of hydrogen-bond acceptors (Lipinski definition) is 7. The maximum atomic E-state index is 12.9. The lowest BCUT2D eigenvalue weighted by Crippen LogP contribution is -2.56. The van der Waals surface area contributed by atoms with Crippen molar-refractivity contribution in [2.24, 2.45) is 7.05 Å². The van der Waals surface area contributed by atoms with E-state index in [9.17, 15) is 4.79 Å². The van der Waals surface area contributed by atoms with Crippen molar-refractivity contribution in [1.82, 2.24) is 29.2 Å². The summed E-state index contributed by atoms with van der Waals surface area (Å²) in [7, 11) is 0.670. The molecule has 2 bridgehead atoms.